The van der Waals surface area contributed by atoms with Crippen molar-refractivity contribution in [2.45, 2.75) is 18.2 Å². The number of hydrogen-bond acceptors (Lipinski definition) is 4. The Bertz CT molecular complexity index is 952. The quantitative estimate of drug-likeness (QED) is 0.656. The van der Waals surface area contributed by atoms with Crippen LogP contribution in [0, 0.1) is 6.92 Å². The minimum absolute atomic E-state index is 0.00235. The Kier molecular flexibility index (Phi) is 4.33. The molecule has 0 fully saturated rings. The largest absolute Gasteiger partial charge is 0.297 e. The highest BCUT2D eigenvalue weighted by Gasteiger charge is 2.18. The minimum atomic E-state index is -3.36. The van der Waals surface area contributed by atoms with Crippen molar-refractivity contribution in [1.82, 2.24) is 0 Å². The number of hydrogen-bond donors (Lipinski definition) is 0. The molecule has 0 aliphatic carbocycles. The molecule has 2 aromatic carbocycles. The lowest BCUT2D eigenvalue weighted by Gasteiger charge is -2.05. The zero-order valence-corrected chi connectivity index (χ0v) is 14.3. The van der Waals surface area contributed by atoms with Crippen LogP contribution in [0.1, 0.15) is 20.8 Å². The Morgan fingerprint density at radius 2 is 1.74 bits per heavy atom. The third kappa shape index (κ3) is 3.21. The standard InChI is InChI=1S/C18H16O3S2/c1-13-6-8-14(9-7-13)23(20,21)11-10-16-15-4-2-3-5-17(15)22-18(16)12-19/h2-9,12H,10-11H2,1H3. The number of carbonyl (C=O) groups is 1. The van der Waals surface area contributed by atoms with E-state index in [1.54, 1.807) is 24.3 Å². The normalized spacial score (nSPS) is 11.7. The number of aryl methyl sites for hydroxylation is 2. The van der Waals surface area contributed by atoms with E-state index in [2.05, 4.69) is 0 Å². The number of aldehydes is 1. The van der Waals surface area contributed by atoms with E-state index >= 15 is 0 Å². The van der Waals surface area contributed by atoms with E-state index in [4.69, 9.17) is 0 Å². The SMILES string of the molecule is Cc1ccc(S(=O)(=O)CCc2c(C=O)sc3ccccc23)cc1. The number of rotatable bonds is 5. The lowest BCUT2D eigenvalue weighted by molar-refractivity contribution is 0.112. The average Bonchev–Trinajstić information content (AvgIpc) is 2.91. The van der Waals surface area contributed by atoms with Crippen LogP contribution in [0.3, 0.4) is 0 Å². The first-order valence-corrected chi connectivity index (χ1v) is 9.73. The molecule has 23 heavy (non-hydrogen) atoms. The van der Waals surface area contributed by atoms with Crippen LogP contribution < -0.4 is 0 Å². The fraction of sp³-hybridized carbons (Fsp3) is 0.167. The highest BCUT2D eigenvalue weighted by molar-refractivity contribution is 7.91. The molecular formula is C18H16O3S2. The molecule has 1 heterocycles. The smallest absolute Gasteiger partial charge is 0.178 e. The van der Waals surface area contributed by atoms with Gasteiger partial charge in [-0.05, 0) is 42.5 Å². The molecule has 5 heteroatoms. The summed E-state index contributed by atoms with van der Waals surface area (Å²) in [6, 6.07) is 14.6. The number of fused-ring (bicyclic) bond motifs is 1. The van der Waals surface area contributed by atoms with Gasteiger partial charge in [0.05, 0.1) is 15.5 Å². The van der Waals surface area contributed by atoms with Gasteiger partial charge in [0.25, 0.3) is 0 Å². The first-order valence-electron chi connectivity index (χ1n) is 7.26. The molecule has 0 aliphatic heterocycles. The third-order valence-electron chi connectivity index (χ3n) is 3.84. The molecule has 0 atom stereocenters. The summed E-state index contributed by atoms with van der Waals surface area (Å²) in [5.41, 5.74) is 1.85. The molecule has 0 bridgehead atoms. The van der Waals surface area contributed by atoms with E-state index in [1.807, 2.05) is 31.2 Å². The summed E-state index contributed by atoms with van der Waals surface area (Å²) in [6.45, 7) is 1.92. The van der Waals surface area contributed by atoms with Crippen LogP contribution in [0.2, 0.25) is 0 Å². The molecular weight excluding hydrogens is 328 g/mol. The maximum atomic E-state index is 12.5. The predicted molar refractivity (Wildman–Crippen MR) is 94.1 cm³/mol. The van der Waals surface area contributed by atoms with Gasteiger partial charge in [-0.15, -0.1) is 11.3 Å². The van der Waals surface area contributed by atoms with Crippen LogP contribution in [0.25, 0.3) is 10.1 Å². The molecule has 0 saturated heterocycles. The lowest BCUT2D eigenvalue weighted by Crippen LogP contribution is -2.09. The molecule has 0 amide bonds. The van der Waals surface area contributed by atoms with Gasteiger partial charge in [-0.1, -0.05) is 35.9 Å². The molecule has 3 aromatic rings. The molecule has 0 unspecified atom stereocenters. The van der Waals surface area contributed by atoms with Gasteiger partial charge in [-0.25, -0.2) is 8.42 Å². The molecule has 0 N–H and O–H groups in total. The number of sulfone groups is 1. The lowest BCUT2D eigenvalue weighted by atomic mass is 10.1. The van der Waals surface area contributed by atoms with Crippen molar-refractivity contribution in [3.8, 4) is 0 Å². The Labute approximate surface area is 139 Å². The van der Waals surface area contributed by atoms with Gasteiger partial charge in [0.1, 0.15) is 0 Å². The molecule has 3 rings (SSSR count). The van der Waals surface area contributed by atoms with Crippen molar-refractivity contribution in [3.63, 3.8) is 0 Å². The molecule has 0 aliphatic rings. The molecule has 0 saturated carbocycles. The Morgan fingerprint density at radius 1 is 1.04 bits per heavy atom. The van der Waals surface area contributed by atoms with E-state index in [-0.39, 0.29) is 5.75 Å². The second-order valence-corrected chi connectivity index (χ2v) is 8.63. The van der Waals surface area contributed by atoms with E-state index in [0.29, 0.717) is 16.2 Å². The molecule has 0 spiro atoms. The van der Waals surface area contributed by atoms with Gasteiger partial charge < -0.3 is 0 Å². The summed E-state index contributed by atoms with van der Waals surface area (Å²) in [6.07, 6.45) is 1.16. The number of benzene rings is 2. The number of thiophene rings is 1. The van der Waals surface area contributed by atoms with Crippen molar-refractivity contribution < 1.29 is 13.2 Å². The predicted octanol–water partition coefficient (Wildman–Crippen LogP) is 4.04. The average molecular weight is 344 g/mol. The Morgan fingerprint density at radius 3 is 2.43 bits per heavy atom. The number of carbonyl (C=O) groups excluding carboxylic acids is 1. The summed E-state index contributed by atoms with van der Waals surface area (Å²) < 4.78 is 26.0. The Balaban J connectivity index is 1.91. The third-order valence-corrected chi connectivity index (χ3v) is 6.71. The van der Waals surface area contributed by atoms with Crippen LogP contribution >= 0.6 is 11.3 Å². The maximum absolute atomic E-state index is 12.5. The fourth-order valence-corrected chi connectivity index (χ4v) is 4.90. The van der Waals surface area contributed by atoms with Gasteiger partial charge in [0, 0.05) is 4.70 Å². The summed E-state index contributed by atoms with van der Waals surface area (Å²) in [7, 11) is -3.36. The van der Waals surface area contributed by atoms with Gasteiger partial charge in [-0.3, -0.25) is 4.79 Å². The summed E-state index contributed by atoms with van der Waals surface area (Å²) in [4.78, 5) is 12.2. The molecule has 3 nitrogen and oxygen atoms in total. The van der Waals surface area contributed by atoms with Crippen molar-refractivity contribution in [2.24, 2.45) is 0 Å². The second kappa shape index (κ2) is 6.26. The van der Waals surface area contributed by atoms with E-state index in [0.717, 1.165) is 27.5 Å². The second-order valence-electron chi connectivity index (χ2n) is 5.44. The van der Waals surface area contributed by atoms with Gasteiger partial charge in [0.15, 0.2) is 16.1 Å². The van der Waals surface area contributed by atoms with Crippen molar-refractivity contribution in [3.05, 3.63) is 64.5 Å². The zero-order chi connectivity index (χ0) is 16.4. The fourth-order valence-electron chi connectivity index (χ4n) is 2.57. The van der Waals surface area contributed by atoms with Crippen LogP contribution in [0.5, 0.6) is 0 Å². The minimum Gasteiger partial charge on any atom is -0.297 e. The van der Waals surface area contributed by atoms with Crippen LogP contribution in [0.15, 0.2) is 53.4 Å². The molecule has 0 radical (unpaired) electrons. The van der Waals surface area contributed by atoms with Crippen molar-refractivity contribution in [2.75, 3.05) is 5.75 Å². The first-order chi connectivity index (χ1) is 11.0. The van der Waals surface area contributed by atoms with Crippen molar-refractivity contribution >= 4 is 37.5 Å². The van der Waals surface area contributed by atoms with E-state index in [1.165, 1.54) is 11.3 Å². The summed E-state index contributed by atoms with van der Waals surface area (Å²) >= 11 is 1.41. The van der Waals surface area contributed by atoms with Gasteiger partial charge in [0.2, 0.25) is 0 Å². The van der Waals surface area contributed by atoms with Crippen LogP contribution in [-0.4, -0.2) is 20.5 Å². The highest BCUT2D eigenvalue weighted by atomic mass is 32.2. The van der Waals surface area contributed by atoms with E-state index < -0.39 is 9.84 Å². The van der Waals surface area contributed by atoms with Crippen molar-refractivity contribution in [1.29, 1.82) is 0 Å². The highest BCUT2D eigenvalue weighted by Crippen LogP contribution is 2.31. The zero-order valence-electron chi connectivity index (χ0n) is 12.7. The molecule has 1 aromatic heterocycles. The van der Waals surface area contributed by atoms with Gasteiger partial charge >= 0.3 is 0 Å². The topological polar surface area (TPSA) is 51.2 Å². The van der Waals surface area contributed by atoms with Crippen LogP contribution in [0.4, 0.5) is 0 Å². The summed E-state index contributed by atoms with van der Waals surface area (Å²) in [5.74, 6) is -0.00235. The summed E-state index contributed by atoms with van der Waals surface area (Å²) in [5, 5.41) is 0.971. The van der Waals surface area contributed by atoms with Crippen LogP contribution in [-0.2, 0) is 16.3 Å². The molecule has 118 valence electrons. The first kappa shape index (κ1) is 15.9. The monoisotopic (exact) mass is 344 g/mol. The Hall–Kier alpha value is -1.98. The maximum Gasteiger partial charge on any atom is 0.178 e. The van der Waals surface area contributed by atoms with E-state index in [9.17, 15) is 13.2 Å². The van der Waals surface area contributed by atoms with Gasteiger partial charge in [-0.2, -0.15) is 0 Å².